The predicted octanol–water partition coefficient (Wildman–Crippen LogP) is 2.14. The quantitative estimate of drug-likeness (QED) is 0.815. The average Bonchev–Trinajstić information content (AvgIpc) is 2.68. The SMILES string of the molecule is FCCN1CCC(Nc2ccccc2)C1. The standard InChI is InChI=1S/C12H17FN2/c13-7-9-15-8-6-12(10-15)14-11-4-2-1-3-5-11/h1-5,12,14H,6-10H2. The van der Waals surface area contributed by atoms with Crippen LogP contribution in [0.3, 0.4) is 0 Å². The van der Waals surface area contributed by atoms with Gasteiger partial charge in [0.1, 0.15) is 6.67 Å². The first-order valence-corrected chi connectivity index (χ1v) is 5.48. The molecule has 1 unspecified atom stereocenters. The second kappa shape index (κ2) is 5.12. The van der Waals surface area contributed by atoms with Gasteiger partial charge in [0.15, 0.2) is 0 Å². The maximum Gasteiger partial charge on any atom is 0.102 e. The van der Waals surface area contributed by atoms with Gasteiger partial charge in [0.05, 0.1) is 0 Å². The van der Waals surface area contributed by atoms with Crippen molar-refractivity contribution in [3.05, 3.63) is 30.3 Å². The molecule has 1 aromatic carbocycles. The third-order valence-corrected chi connectivity index (χ3v) is 2.82. The molecule has 82 valence electrons. The van der Waals surface area contributed by atoms with Crippen LogP contribution in [0.1, 0.15) is 6.42 Å². The Hall–Kier alpha value is -1.09. The van der Waals surface area contributed by atoms with E-state index >= 15 is 0 Å². The van der Waals surface area contributed by atoms with E-state index in [1.54, 1.807) is 0 Å². The Labute approximate surface area is 90.1 Å². The van der Waals surface area contributed by atoms with E-state index in [9.17, 15) is 4.39 Å². The van der Waals surface area contributed by atoms with Gasteiger partial charge >= 0.3 is 0 Å². The molecule has 0 radical (unpaired) electrons. The number of para-hydroxylation sites is 1. The van der Waals surface area contributed by atoms with Crippen molar-refractivity contribution in [3.8, 4) is 0 Å². The molecule has 1 N–H and O–H groups in total. The van der Waals surface area contributed by atoms with E-state index in [1.807, 2.05) is 18.2 Å². The van der Waals surface area contributed by atoms with Crippen molar-refractivity contribution in [3.63, 3.8) is 0 Å². The fraction of sp³-hybridized carbons (Fsp3) is 0.500. The third kappa shape index (κ3) is 2.93. The number of halogens is 1. The van der Waals surface area contributed by atoms with Gasteiger partial charge in [0.2, 0.25) is 0 Å². The van der Waals surface area contributed by atoms with Crippen LogP contribution in [0, 0.1) is 0 Å². The average molecular weight is 208 g/mol. The summed E-state index contributed by atoms with van der Waals surface area (Å²) in [6, 6.07) is 10.7. The maximum atomic E-state index is 12.1. The van der Waals surface area contributed by atoms with Crippen molar-refractivity contribution in [2.24, 2.45) is 0 Å². The van der Waals surface area contributed by atoms with E-state index < -0.39 is 0 Å². The first-order chi connectivity index (χ1) is 7.38. The summed E-state index contributed by atoms with van der Waals surface area (Å²) in [5.74, 6) is 0. The first kappa shape index (κ1) is 10.4. The van der Waals surface area contributed by atoms with Crippen LogP contribution in [0.25, 0.3) is 0 Å². The predicted molar refractivity (Wildman–Crippen MR) is 60.9 cm³/mol. The normalized spacial score (nSPS) is 21.8. The highest BCUT2D eigenvalue weighted by molar-refractivity contribution is 5.43. The van der Waals surface area contributed by atoms with E-state index in [1.165, 1.54) is 0 Å². The van der Waals surface area contributed by atoms with E-state index in [0.29, 0.717) is 12.6 Å². The topological polar surface area (TPSA) is 15.3 Å². The number of anilines is 1. The summed E-state index contributed by atoms with van der Waals surface area (Å²) in [4.78, 5) is 2.17. The number of alkyl halides is 1. The van der Waals surface area contributed by atoms with Crippen molar-refractivity contribution in [1.29, 1.82) is 0 Å². The number of nitrogens with zero attached hydrogens (tertiary/aromatic N) is 1. The van der Waals surface area contributed by atoms with Gasteiger partial charge in [-0.25, -0.2) is 4.39 Å². The summed E-state index contributed by atoms with van der Waals surface area (Å²) in [6.07, 6.45) is 1.11. The number of hydrogen-bond acceptors (Lipinski definition) is 2. The number of hydrogen-bond donors (Lipinski definition) is 1. The van der Waals surface area contributed by atoms with Gasteiger partial charge in [0.25, 0.3) is 0 Å². The molecule has 1 aromatic rings. The molecule has 1 aliphatic heterocycles. The van der Waals surface area contributed by atoms with Crippen LogP contribution >= 0.6 is 0 Å². The van der Waals surface area contributed by atoms with Gasteiger partial charge in [-0.2, -0.15) is 0 Å². The maximum absolute atomic E-state index is 12.1. The molecule has 3 heteroatoms. The van der Waals surface area contributed by atoms with Crippen molar-refractivity contribution >= 4 is 5.69 Å². The molecule has 0 amide bonds. The van der Waals surface area contributed by atoms with Crippen molar-refractivity contribution in [2.45, 2.75) is 12.5 Å². The van der Waals surface area contributed by atoms with Gasteiger partial charge in [-0.15, -0.1) is 0 Å². The Balaban J connectivity index is 1.82. The lowest BCUT2D eigenvalue weighted by Gasteiger charge is -2.15. The fourth-order valence-corrected chi connectivity index (χ4v) is 2.04. The number of likely N-dealkylation sites (tertiary alicyclic amines) is 1. The molecule has 1 heterocycles. The highest BCUT2D eigenvalue weighted by Gasteiger charge is 2.21. The molecular weight excluding hydrogens is 191 g/mol. The van der Waals surface area contributed by atoms with Crippen molar-refractivity contribution < 1.29 is 4.39 Å². The Kier molecular flexibility index (Phi) is 3.56. The monoisotopic (exact) mass is 208 g/mol. The Morgan fingerprint density at radius 2 is 2.13 bits per heavy atom. The van der Waals surface area contributed by atoms with Crippen molar-refractivity contribution in [1.82, 2.24) is 4.90 Å². The molecule has 2 nitrogen and oxygen atoms in total. The largest absolute Gasteiger partial charge is 0.381 e. The van der Waals surface area contributed by atoms with Gasteiger partial charge in [-0.05, 0) is 18.6 Å². The zero-order chi connectivity index (χ0) is 10.5. The molecule has 0 spiro atoms. The lowest BCUT2D eigenvalue weighted by atomic mass is 10.2. The van der Waals surface area contributed by atoms with Gasteiger partial charge < -0.3 is 5.32 Å². The molecule has 1 atom stereocenters. The summed E-state index contributed by atoms with van der Waals surface area (Å²) in [7, 11) is 0. The molecule has 0 aromatic heterocycles. The zero-order valence-electron chi connectivity index (χ0n) is 8.82. The summed E-state index contributed by atoms with van der Waals surface area (Å²) in [5.41, 5.74) is 1.16. The summed E-state index contributed by atoms with van der Waals surface area (Å²) < 4.78 is 12.1. The molecule has 1 saturated heterocycles. The van der Waals surface area contributed by atoms with E-state index in [4.69, 9.17) is 0 Å². The molecule has 2 rings (SSSR count). The number of rotatable bonds is 4. The van der Waals surface area contributed by atoms with Crippen LogP contribution in [0.15, 0.2) is 30.3 Å². The Morgan fingerprint density at radius 1 is 1.33 bits per heavy atom. The number of benzene rings is 1. The Morgan fingerprint density at radius 3 is 2.87 bits per heavy atom. The van der Waals surface area contributed by atoms with Crippen LogP contribution in [-0.2, 0) is 0 Å². The first-order valence-electron chi connectivity index (χ1n) is 5.48. The summed E-state index contributed by atoms with van der Waals surface area (Å²) >= 11 is 0. The highest BCUT2D eigenvalue weighted by Crippen LogP contribution is 2.15. The van der Waals surface area contributed by atoms with Crippen LogP contribution in [0.2, 0.25) is 0 Å². The zero-order valence-corrected chi connectivity index (χ0v) is 8.82. The lowest BCUT2D eigenvalue weighted by Crippen LogP contribution is -2.27. The van der Waals surface area contributed by atoms with Crippen LogP contribution in [0.4, 0.5) is 10.1 Å². The third-order valence-electron chi connectivity index (χ3n) is 2.82. The van der Waals surface area contributed by atoms with Crippen molar-refractivity contribution in [2.75, 3.05) is 31.6 Å². The molecule has 1 aliphatic rings. The van der Waals surface area contributed by atoms with Gasteiger partial charge in [0, 0.05) is 31.4 Å². The summed E-state index contributed by atoms with van der Waals surface area (Å²) in [5, 5.41) is 3.47. The second-order valence-electron chi connectivity index (χ2n) is 3.99. The molecule has 0 aliphatic carbocycles. The fourth-order valence-electron chi connectivity index (χ4n) is 2.04. The van der Waals surface area contributed by atoms with Gasteiger partial charge in [-0.1, -0.05) is 18.2 Å². The van der Waals surface area contributed by atoms with Crippen LogP contribution < -0.4 is 5.32 Å². The van der Waals surface area contributed by atoms with E-state index in [-0.39, 0.29) is 6.67 Å². The molecule has 15 heavy (non-hydrogen) atoms. The smallest absolute Gasteiger partial charge is 0.102 e. The van der Waals surface area contributed by atoms with E-state index in [2.05, 4.69) is 22.3 Å². The van der Waals surface area contributed by atoms with Gasteiger partial charge in [-0.3, -0.25) is 4.90 Å². The minimum Gasteiger partial charge on any atom is -0.381 e. The molecular formula is C12H17FN2. The molecule has 1 fully saturated rings. The Bertz CT molecular complexity index is 289. The van der Waals surface area contributed by atoms with E-state index in [0.717, 1.165) is 25.2 Å². The van der Waals surface area contributed by atoms with Crippen LogP contribution in [-0.4, -0.2) is 37.3 Å². The lowest BCUT2D eigenvalue weighted by molar-refractivity contribution is 0.296. The minimum absolute atomic E-state index is 0.238. The summed E-state index contributed by atoms with van der Waals surface area (Å²) in [6.45, 7) is 2.30. The molecule has 0 saturated carbocycles. The van der Waals surface area contributed by atoms with Crippen LogP contribution in [0.5, 0.6) is 0 Å². The second-order valence-corrected chi connectivity index (χ2v) is 3.99. The molecule has 0 bridgehead atoms. The highest BCUT2D eigenvalue weighted by atomic mass is 19.1. The minimum atomic E-state index is -0.238. The number of nitrogens with one attached hydrogen (secondary N) is 1.